The first-order valence-electron chi connectivity index (χ1n) is 9.61. The molecule has 2 aliphatic rings. The van der Waals surface area contributed by atoms with E-state index in [1.807, 2.05) is 19.0 Å². The number of hydrogen-bond donors (Lipinski definition) is 3. The molecule has 1 aliphatic carbocycles. The van der Waals surface area contributed by atoms with E-state index in [9.17, 15) is 24.6 Å². The van der Waals surface area contributed by atoms with Crippen molar-refractivity contribution in [2.45, 2.75) is 33.1 Å². The second-order valence-electron chi connectivity index (χ2n) is 8.12. The van der Waals surface area contributed by atoms with Crippen molar-refractivity contribution in [3.05, 3.63) is 39.8 Å². The Morgan fingerprint density at radius 1 is 1.20 bits per heavy atom. The first-order chi connectivity index (χ1) is 13.9. The number of allylic oxidation sites excluding steroid dienone is 4. The van der Waals surface area contributed by atoms with Crippen molar-refractivity contribution in [3.63, 3.8) is 0 Å². The normalized spacial score (nSPS) is 21.8. The van der Waals surface area contributed by atoms with Crippen molar-refractivity contribution in [2.24, 2.45) is 0 Å². The van der Waals surface area contributed by atoms with E-state index in [-0.39, 0.29) is 39.5 Å². The second-order valence-corrected chi connectivity index (χ2v) is 8.12. The Hall–Kier alpha value is -3.13. The zero-order valence-corrected chi connectivity index (χ0v) is 18.0. The molecule has 1 aliphatic heterocycles. The molecule has 1 atom stereocenters. The van der Waals surface area contributed by atoms with E-state index in [0.717, 1.165) is 0 Å². The van der Waals surface area contributed by atoms with Crippen LogP contribution >= 0.6 is 0 Å². The van der Waals surface area contributed by atoms with Crippen molar-refractivity contribution in [1.82, 2.24) is 10.2 Å². The zero-order valence-electron chi connectivity index (χ0n) is 18.0. The Bertz CT molecular complexity index is 1050. The Balaban J connectivity index is 2.20. The third-order valence-electron chi connectivity index (χ3n) is 5.71. The van der Waals surface area contributed by atoms with Gasteiger partial charge in [-0.25, -0.2) is 0 Å². The van der Waals surface area contributed by atoms with E-state index in [1.54, 1.807) is 13.8 Å². The van der Waals surface area contributed by atoms with Gasteiger partial charge in [-0.3, -0.25) is 14.4 Å². The SMILES string of the molecule is CC(=O)c1c(O)c(C)c(O)c2c1OC1=CC(=O)/C(=C(/C)NCCN(C)C)C(=O)[C@]12C. The summed E-state index contributed by atoms with van der Waals surface area (Å²) in [6.07, 6.45) is 1.21. The number of ketones is 3. The minimum atomic E-state index is -1.49. The molecular formula is C22H26N2O6. The maximum atomic E-state index is 13.6. The van der Waals surface area contributed by atoms with Crippen LogP contribution in [0.5, 0.6) is 17.2 Å². The van der Waals surface area contributed by atoms with Gasteiger partial charge in [-0.15, -0.1) is 0 Å². The predicted molar refractivity (Wildman–Crippen MR) is 110 cm³/mol. The van der Waals surface area contributed by atoms with Crippen LogP contribution in [0.1, 0.15) is 42.3 Å². The molecule has 160 valence electrons. The summed E-state index contributed by atoms with van der Waals surface area (Å²) in [4.78, 5) is 40.5. The predicted octanol–water partition coefficient (Wildman–Crippen LogP) is 1.72. The molecule has 3 N–H and O–H groups in total. The maximum Gasteiger partial charge on any atom is 0.194 e. The fourth-order valence-corrected chi connectivity index (χ4v) is 3.92. The average molecular weight is 414 g/mol. The Kier molecular flexibility index (Phi) is 5.24. The average Bonchev–Trinajstić information content (AvgIpc) is 2.93. The monoisotopic (exact) mass is 414 g/mol. The van der Waals surface area contributed by atoms with E-state index < -0.39 is 28.5 Å². The summed E-state index contributed by atoms with van der Waals surface area (Å²) in [5.41, 5.74) is -1.05. The van der Waals surface area contributed by atoms with Gasteiger partial charge in [-0.1, -0.05) is 0 Å². The zero-order chi connectivity index (χ0) is 22.5. The van der Waals surface area contributed by atoms with Crippen molar-refractivity contribution in [1.29, 1.82) is 0 Å². The molecule has 8 heteroatoms. The van der Waals surface area contributed by atoms with Gasteiger partial charge in [0.2, 0.25) is 0 Å². The topological polar surface area (TPSA) is 116 Å². The number of ether oxygens (including phenoxy) is 1. The van der Waals surface area contributed by atoms with Gasteiger partial charge in [0.05, 0.1) is 11.1 Å². The Labute approximate surface area is 174 Å². The molecule has 1 aromatic carbocycles. The number of Topliss-reactive ketones (excluding diaryl/α,β-unsaturated/α-hetero) is 2. The lowest BCUT2D eigenvalue weighted by Crippen LogP contribution is -2.41. The molecule has 0 spiro atoms. The molecule has 8 nitrogen and oxygen atoms in total. The number of carbonyl (C=O) groups excluding carboxylic acids is 3. The molecule has 0 unspecified atom stereocenters. The fraction of sp³-hybridized carbons (Fsp3) is 0.409. The van der Waals surface area contributed by atoms with E-state index in [2.05, 4.69) is 5.32 Å². The number of hydrogen-bond acceptors (Lipinski definition) is 8. The quantitative estimate of drug-likeness (QED) is 0.379. The van der Waals surface area contributed by atoms with E-state index in [1.165, 1.54) is 19.9 Å². The van der Waals surface area contributed by atoms with Crippen LogP contribution in [0.2, 0.25) is 0 Å². The molecule has 0 saturated carbocycles. The van der Waals surface area contributed by atoms with Gasteiger partial charge in [0, 0.05) is 30.4 Å². The number of aromatic hydroxyl groups is 2. The third kappa shape index (κ3) is 2.99. The van der Waals surface area contributed by atoms with Crippen molar-refractivity contribution in [3.8, 4) is 17.2 Å². The van der Waals surface area contributed by atoms with Crippen LogP contribution in [-0.4, -0.2) is 59.6 Å². The number of nitrogens with zero attached hydrogens (tertiary/aromatic N) is 1. The van der Waals surface area contributed by atoms with Crippen LogP contribution in [0.3, 0.4) is 0 Å². The summed E-state index contributed by atoms with van der Waals surface area (Å²) in [7, 11) is 3.83. The summed E-state index contributed by atoms with van der Waals surface area (Å²) in [6.45, 7) is 7.15. The van der Waals surface area contributed by atoms with Gasteiger partial charge in [0.1, 0.15) is 34.0 Å². The number of fused-ring (bicyclic) bond motifs is 3. The lowest BCUT2D eigenvalue weighted by atomic mass is 9.70. The smallest absolute Gasteiger partial charge is 0.194 e. The molecule has 3 rings (SSSR count). The maximum absolute atomic E-state index is 13.6. The molecule has 0 radical (unpaired) electrons. The summed E-state index contributed by atoms with van der Waals surface area (Å²) >= 11 is 0. The number of nitrogens with one attached hydrogen (secondary N) is 1. The lowest BCUT2D eigenvalue weighted by molar-refractivity contribution is -0.123. The Morgan fingerprint density at radius 2 is 1.83 bits per heavy atom. The fourth-order valence-electron chi connectivity index (χ4n) is 3.92. The van der Waals surface area contributed by atoms with Crippen molar-refractivity contribution < 1.29 is 29.3 Å². The minimum Gasteiger partial charge on any atom is -0.507 e. The summed E-state index contributed by atoms with van der Waals surface area (Å²) in [6, 6.07) is 0. The van der Waals surface area contributed by atoms with Crippen LogP contribution in [0.4, 0.5) is 0 Å². The van der Waals surface area contributed by atoms with Gasteiger partial charge < -0.3 is 25.2 Å². The van der Waals surface area contributed by atoms with E-state index in [4.69, 9.17) is 4.74 Å². The molecule has 0 fully saturated rings. The highest BCUT2D eigenvalue weighted by atomic mass is 16.5. The molecule has 0 saturated heterocycles. The second kappa shape index (κ2) is 7.28. The van der Waals surface area contributed by atoms with Gasteiger partial charge in [0.25, 0.3) is 0 Å². The molecule has 30 heavy (non-hydrogen) atoms. The number of likely N-dealkylation sites (N-methyl/N-ethyl adjacent to an activating group) is 1. The number of rotatable bonds is 5. The third-order valence-corrected chi connectivity index (χ3v) is 5.71. The largest absolute Gasteiger partial charge is 0.507 e. The van der Waals surface area contributed by atoms with Crippen molar-refractivity contribution >= 4 is 17.3 Å². The number of benzene rings is 1. The summed E-state index contributed by atoms with van der Waals surface area (Å²) in [5.74, 6) is -2.33. The van der Waals surface area contributed by atoms with Gasteiger partial charge in [-0.05, 0) is 41.8 Å². The van der Waals surface area contributed by atoms with Crippen LogP contribution in [0.25, 0.3) is 0 Å². The highest BCUT2D eigenvalue weighted by Gasteiger charge is 2.56. The Morgan fingerprint density at radius 3 is 2.40 bits per heavy atom. The van der Waals surface area contributed by atoms with Gasteiger partial charge in [0.15, 0.2) is 17.3 Å². The number of carbonyl (C=O) groups is 3. The summed E-state index contributed by atoms with van der Waals surface area (Å²) in [5, 5.41) is 24.2. The molecular weight excluding hydrogens is 388 g/mol. The van der Waals surface area contributed by atoms with Crippen LogP contribution in [0.15, 0.2) is 23.1 Å². The van der Waals surface area contributed by atoms with E-state index >= 15 is 0 Å². The van der Waals surface area contributed by atoms with E-state index in [0.29, 0.717) is 18.8 Å². The molecule has 1 heterocycles. The highest BCUT2D eigenvalue weighted by molar-refractivity contribution is 6.31. The first-order valence-corrected chi connectivity index (χ1v) is 9.61. The van der Waals surface area contributed by atoms with Crippen LogP contribution in [-0.2, 0) is 15.0 Å². The van der Waals surface area contributed by atoms with Crippen molar-refractivity contribution in [2.75, 3.05) is 27.2 Å². The number of phenols is 2. The molecule has 0 amide bonds. The minimum absolute atomic E-state index is 0.0223. The molecule has 1 aromatic rings. The number of phenolic OH excluding ortho intramolecular Hbond substituents is 2. The molecule has 0 aromatic heterocycles. The first kappa shape index (κ1) is 21.6. The van der Waals surface area contributed by atoms with Crippen LogP contribution < -0.4 is 10.1 Å². The lowest BCUT2D eigenvalue weighted by Gasteiger charge is -2.29. The van der Waals surface area contributed by atoms with Gasteiger partial charge in [-0.2, -0.15) is 0 Å². The molecule has 0 bridgehead atoms. The summed E-state index contributed by atoms with van der Waals surface area (Å²) < 4.78 is 5.73. The highest BCUT2D eigenvalue weighted by Crippen LogP contribution is 2.57. The standard InChI is InChI=1S/C22H26N2O6/c1-10-18(27)16(12(3)25)20-17(19(10)28)22(4)14(30-20)9-13(26)15(21(22)29)11(2)23-7-8-24(5)6/h9,23,27-28H,7-8H2,1-6H3/b15-11+/t22-/m1/s1. The van der Waals surface area contributed by atoms with Crippen LogP contribution in [0, 0.1) is 6.92 Å². The van der Waals surface area contributed by atoms with Gasteiger partial charge >= 0.3 is 0 Å².